The quantitative estimate of drug-likeness (QED) is 0.651. The van der Waals surface area contributed by atoms with Gasteiger partial charge in [-0.05, 0) is 19.5 Å². The molecule has 1 rings (SSSR count). The smallest absolute Gasteiger partial charge is 0.242 e. The van der Waals surface area contributed by atoms with Crippen LogP contribution in [-0.2, 0) is 27.8 Å². The molecular weight excluding hydrogens is 266 g/mol. The van der Waals surface area contributed by atoms with Crippen molar-refractivity contribution in [2.24, 2.45) is 0 Å². The third-order valence-electron chi connectivity index (χ3n) is 2.77. The summed E-state index contributed by atoms with van der Waals surface area (Å²) in [6, 6.07) is 1.71. The molecule has 1 aromatic heterocycles. The van der Waals surface area contributed by atoms with Gasteiger partial charge in [0.05, 0.1) is 11.5 Å². The number of hydrogen-bond donors (Lipinski definition) is 2. The first-order valence-electron chi connectivity index (χ1n) is 6.43. The molecule has 110 valence electrons. The zero-order valence-corrected chi connectivity index (χ0v) is 12.6. The first-order valence-corrected chi connectivity index (χ1v) is 7.91. The Morgan fingerprint density at radius 2 is 2.11 bits per heavy atom. The second kappa shape index (κ2) is 7.64. The summed E-state index contributed by atoms with van der Waals surface area (Å²) in [5.41, 5.74) is 0.969. The van der Waals surface area contributed by atoms with Gasteiger partial charge in [-0.25, -0.2) is 13.1 Å². The molecule has 0 aliphatic rings. The number of aromatic nitrogens is 1. The Bertz CT molecular complexity index is 482. The Labute approximate surface area is 115 Å². The van der Waals surface area contributed by atoms with E-state index in [0.29, 0.717) is 18.0 Å². The lowest BCUT2D eigenvalue weighted by Gasteiger charge is -2.05. The van der Waals surface area contributed by atoms with Crippen LogP contribution in [0.4, 0.5) is 0 Å². The number of nitrogens with one attached hydrogen (secondary N) is 2. The average molecular weight is 289 g/mol. The summed E-state index contributed by atoms with van der Waals surface area (Å²) in [7, 11) is -1.91. The Kier molecular flexibility index (Phi) is 6.50. The van der Waals surface area contributed by atoms with Gasteiger partial charge in [0.25, 0.3) is 0 Å². The number of nitrogens with zero attached hydrogens (tertiary/aromatic N) is 1. The van der Waals surface area contributed by atoms with Crippen LogP contribution >= 0.6 is 0 Å². The Hall–Kier alpha value is -0.890. The molecule has 0 saturated carbocycles. The molecule has 0 atom stereocenters. The van der Waals surface area contributed by atoms with Crippen molar-refractivity contribution in [3.63, 3.8) is 0 Å². The van der Waals surface area contributed by atoms with E-state index in [9.17, 15) is 8.42 Å². The van der Waals surface area contributed by atoms with Crippen LogP contribution in [-0.4, -0.2) is 39.8 Å². The fourth-order valence-electron chi connectivity index (χ4n) is 1.73. The normalized spacial score (nSPS) is 11.9. The fourth-order valence-corrected chi connectivity index (χ4v) is 2.81. The lowest BCUT2D eigenvalue weighted by molar-refractivity contribution is 0.204. The predicted molar refractivity (Wildman–Crippen MR) is 74.6 cm³/mol. The minimum Gasteiger partial charge on any atom is -0.383 e. The lowest BCUT2D eigenvalue weighted by atomic mass is 10.4. The average Bonchev–Trinajstić information content (AvgIpc) is 2.80. The molecule has 0 aliphatic carbocycles. The van der Waals surface area contributed by atoms with Crippen LogP contribution in [0.5, 0.6) is 0 Å². The molecular formula is C12H23N3O3S. The van der Waals surface area contributed by atoms with Gasteiger partial charge in [0.15, 0.2) is 0 Å². The van der Waals surface area contributed by atoms with E-state index < -0.39 is 10.0 Å². The van der Waals surface area contributed by atoms with Gasteiger partial charge < -0.3 is 14.6 Å². The van der Waals surface area contributed by atoms with E-state index >= 15 is 0 Å². The molecule has 1 heterocycles. The van der Waals surface area contributed by atoms with Crippen molar-refractivity contribution in [2.45, 2.75) is 31.8 Å². The van der Waals surface area contributed by atoms with E-state index in [1.807, 2.05) is 18.4 Å². The van der Waals surface area contributed by atoms with E-state index in [0.717, 1.165) is 18.8 Å². The molecule has 6 nitrogen and oxygen atoms in total. The summed E-state index contributed by atoms with van der Waals surface area (Å²) in [6.45, 7) is 6.90. The largest absolute Gasteiger partial charge is 0.383 e. The summed E-state index contributed by atoms with van der Waals surface area (Å²) >= 11 is 0. The lowest BCUT2D eigenvalue weighted by Crippen LogP contribution is -2.26. The Balaban J connectivity index is 2.85. The van der Waals surface area contributed by atoms with E-state index in [-0.39, 0.29) is 6.54 Å². The minimum atomic E-state index is -3.45. The molecule has 0 spiro atoms. The van der Waals surface area contributed by atoms with Crippen LogP contribution in [0.1, 0.15) is 19.5 Å². The molecule has 0 amide bonds. The van der Waals surface area contributed by atoms with Crippen molar-refractivity contribution >= 4 is 10.0 Å². The Morgan fingerprint density at radius 3 is 2.68 bits per heavy atom. The summed E-state index contributed by atoms with van der Waals surface area (Å²) < 4.78 is 33.4. The third-order valence-corrected chi connectivity index (χ3v) is 4.19. The molecule has 0 unspecified atom stereocenters. The maximum Gasteiger partial charge on any atom is 0.242 e. The van der Waals surface area contributed by atoms with Crippen molar-refractivity contribution in [3.05, 3.63) is 18.0 Å². The minimum absolute atomic E-state index is 0.276. The van der Waals surface area contributed by atoms with Crippen LogP contribution < -0.4 is 10.0 Å². The van der Waals surface area contributed by atoms with Gasteiger partial charge in [-0.15, -0.1) is 0 Å². The number of sulfonamides is 1. The number of rotatable bonds is 9. The van der Waals surface area contributed by atoms with E-state index in [2.05, 4.69) is 10.0 Å². The van der Waals surface area contributed by atoms with Gasteiger partial charge in [0, 0.05) is 38.6 Å². The highest BCUT2D eigenvalue weighted by Gasteiger charge is 2.17. The summed E-state index contributed by atoms with van der Waals surface area (Å²) in [5, 5.41) is 3.20. The third kappa shape index (κ3) is 4.61. The molecule has 0 radical (unpaired) electrons. The standard InChI is InChI=1S/C12H23N3O3S/c1-4-13-9-11-8-12(10-15(11)5-2)19(16,17)14-6-7-18-3/h8,10,13-14H,4-7,9H2,1-3H3. The summed E-state index contributed by atoms with van der Waals surface area (Å²) in [6.07, 6.45) is 1.67. The highest BCUT2D eigenvalue weighted by molar-refractivity contribution is 7.89. The van der Waals surface area contributed by atoms with Gasteiger partial charge in [0.1, 0.15) is 0 Å². The second-order valence-electron chi connectivity index (χ2n) is 4.12. The van der Waals surface area contributed by atoms with Gasteiger partial charge in [-0.1, -0.05) is 6.92 Å². The van der Waals surface area contributed by atoms with Gasteiger partial charge in [-0.3, -0.25) is 0 Å². The number of aryl methyl sites for hydroxylation is 1. The van der Waals surface area contributed by atoms with Crippen molar-refractivity contribution < 1.29 is 13.2 Å². The van der Waals surface area contributed by atoms with Crippen LogP contribution in [0.2, 0.25) is 0 Å². The van der Waals surface area contributed by atoms with E-state index in [1.54, 1.807) is 12.3 Å². The topological polar surface area (TPSA) is 72.4 Å². The molecule has 2 N–H and O–H groups in total. The second-order valence-corrected chi connectivity index (χ2v) is 5.89. The zero-order chi connectivity index (χ0) is 14.3. The van der Waals surface area contributed by atoms with Crippen LogP contribution in [0, 0.1) is 0 Å². The van der Waals surface area contributed by atoms with E-state index in [1.165, 1.54) is 7.11 Å². The van der Waals surface area contributed by atoms with Crippen molar-refractivity contribution in [2.75, 3.05) is 26.8 Å². The van der Waals surface area contributed by atoms with Gasteiger partial charge in [0.2, 0.25) is 10.0 Å². The maximum atomic E-state index is 12.1. The SMILES string of the molecule is CCNCc1cc(S(=O)(=O)NCCOC)cn1CC. The van der Waals surface area contributed by atoms with Crippen molar-refractivity contribution in [1.82, 2.24) is 14.6 Å². The number of ether oxygens (including phenoxy) is 1. The van der Waals surface area contributed by atoms with Crippen LogP contribution in [0.25, 0.3) is 0 Å². The highest BCUT2D eigenvalue weighted by Crippen LogP contribution is 2.14. The van der Waals surface area contributed by atoms with Gasteiger partial charge >= 0.3 is 0 Å². The Morgan fingerprint density at radius 1 is 1.37 bits per heavy atom. The highest BCUT2D eigenvalue weighted by atomic mass is 32.2. The first-order chi connectivity index (χ1) is 9.05. The summed E-state index contributed by atoms with van der Waals surface area (Å²) in [5.74, 6) is 0. The number of hydrogen-bond acceptors (Lipinski definition) is 4. The fraction of sp³-hybridized carbons (Fsp3) is 0.667. The predicted octanol–water partition coefficient (Wildman–Crippen LogP) is 0.542. The van der Waals surface area contributed by atoms with Crippen LogP contribution in [0.15, 0.2) is 17.2 Å². The first kappa shape index (κ1) is 16.2. The molecule has 7 heteroatoms. The molecule has 0 fully saturated rings. The van der Waals surface area contributed by atoms with Crippen molar-refractivity contribution in [1.29, 1.82) is 0 Å². The maximum absolute atomic E-state index is 12.1. The zero-order valence-electron chi connectivity index (χ0n) is 11.8. The van der Waals surface area contributed by atoms with E-state index in [4.69, 9.17) is 4.74 Å². The molecule has 0 saturated heterocycles. The molecule has 0 aromatic carbocycles. The van der Waals surface area contributed by atoms with Crippen molar-refractivity contribution in [3.8, 4) is 0 Å². The van der Waals surface area contributed by atoms with Gasteiger partial charge in [-0.2, -0.15) is 0 Å². The number of methoxy groups -OCH3 is 1. The van der Waals surface area contributed by atoms with Crippen LogP contribution in [0.3, 0.4) is 0 Å². The molecule has 0 aliphatic heterocycles. The molecule has 0 bridgehead atoms. The molecule has 1 aromatic rings. The summed E-state index contributed by atoms with van der Waals surface area (Å²) in [4.78, 5) is 0.304. The monoisotopic (exact) mass is 289 g/mol. The molecule has 19 heavy (non-hydrogen) atoms.